The molecule has 1 aliphatic rings. The molecule has 1 N–H and O–H groups in total. The van der Waals surface area contributed by atoms with Gasteiger partial charge in [-0.3, -0.25) is 4.79 Å². The van der Waals surface area contributed by atoms with Crippen LogP contribution in [0.2, 0.25) is 0 Å². The van der Waals surface area contributed by atoms with Crippen molar-refractivity contribution in [2.24, 2.45) is 0 Å². The summed E-state index contributed by atoms with van der Waals surface area (Å²) in [5.74, 6) is 1.65. The third kappa shape index (κ3) is 3.61. The summed E-state index contributed by atoms with van der Waals surface area (Å²) in [6, 6.07) is 5.81. The van der Waals surface area contributed by atoms with Gasteiger partial charge in [-0.2, -0.15) is 0 Å². The van der Waals surface area contributed by atoms with Crippen molar-refractivity contribution in [2.45, 2.75) is 12.5 Å². The van der Waals surface area contributed by atoms with E-state index in [2.05, 4.69) is 5.32 Å². The molecule has 1 aromatic rings. The number of fused-ring (bicyclic) bond motifs is 1. The Bertz CT molecular complexity index is 460. The van der Waals surface area contributed by atoms with Crippen LogP contribution in [-0.2, 0) is 11.2 Å². The van der Waals surface area contributed by atoms with E-state index in [0.717, 1.165) is 23.5 Å². The molecule has 19 heavy (non-hydrogen) atoms. The summed E-state index contributed by atoms with van der Waals surface area (Å²) >= 11 is 0. The van der Waals surface area contributed by atoms with Gasteiger partial charge in [0, 0.05) is 6.07 Å². The van der Waals surface area contributed by atoms with E-state index < -0.39 is 0 Å². The van der Waals surface area contributed by atoms with Crippen LogP contribution < -0.4 is 14.8 Å². The molecular formula is C14H20N2O3. The lowest BCUT2D eigenvalue weighted by Gasteiger charge is -2.26. The minimum Gasteiger partial charge on any atom is -0.497 e. The first-order valence-corrected chi connectivity index (χ1v) is 6.32. The fraction of sp³-hybridized carbons (Fsp3) is 0.500. The van der Waals surface area contributed by atoms with Gasteiger partial charge >= 0.3 is 0 Å². The number of nitrogens with zero attached hydrogens (tertiary/aromatic N) is 1. The van der Waals surface area contributed by atoms with E-state index in [1.54, 1.807) is 7.11 Å². The Kier molecular flexibility index (Phi) is 4.27. The highest BCUT2D eigenvalue weighted by atomic mass is 16.5. The quantitative estimate of drug-likeness (QED) is 0.868. The monoisotopic (exact) mass is 264 g/mol. The van der Waals surface area contributed by atoms with E-state index in [1.807, 2.05) is 37.2 Å². The Morgan fingerprint density at radius 1 is 1.53 bits per heavy atom. The summed E-state index contributed by atoms with van der Waals surface area (Å²) in [7, 11) is 5.38. The van der Waals surface area contributed by atoms with Gasteiger partial charge in [-0.1, -0.05) is 6.07 Å². The predicted octanol–water partition coefficient (Wildman–Crippen LogP) is 0.676. The lowest BCUT2D eigenvalue weighted by Crippen LogP contribution is -2.45. The largest absolute Gasteiger partial charge is 0.497 e. The molecule has 104 valence electrons. The molecule has 0 aromatic heterocycles. The van der Waals surface area contributed by atoms with Crippen molar-refractivity contribution in [3.63, 3.8) is 0 Å². The summed E-state index contributed by atoms with van der Waals surface area (Å²) < 4.78 is 10.8. The molecule has 1 heterocycles. The standard InChI is InChI=1S/C14H20N2O3/c1-16(2)8-14(17)15-11-6-10-4-5-12(18-3)7-13(10)19-9-11/h4-5,7,11H,6,8-9H2,1-3H3,(H,15,17). The molecule has 5 nitrogen and oxygen atoms in total. The zero-order chi connectivity index (χ0) is 13.8. The van der Waals surface area contributed by atoms with Gasteiger partial charge in [0.1, 0.15) is 18.1 Å². The number of amides is 1. The van der Waals surface area contributed by atoms with Crippen LogP contribution in [-0.4, -0.2) is 51.2 Å². The van der Waals surface area contributed by atoms with Crippen LogP contribution in [0.5, 0.6) is 11.5 Å². The van der Waals surface area contributed by atoms with Gasteiger partial charge in [0.15, 0.2) is 0 Å². The lowest BCUT2D eigenvalue weighted by molar-refractivity contribution is -0.122. The van der Waals surface area contributed by atoms with Gasteiger partial charge in [0.2, 0.25) is 5.91 Å². The van der Waals surface area contributed by atoms with Crippen LogP contribution >= 0.6 is 0 Å². The fourth-order valence-corrected chi connectivity index (χ4v) is 2.13. The van der Waals surface area contributed by atoms with Gasteiger partial charge < -0.3 is 19.7 Å². The SMILES string of the molecule is COc1ccc2c(c1)OCC(NC(=O)CN(C)C)C2. The molecule has 0 spiro atoms. The first kappa shape index (κ1) is 13.7. The van der Waals surface area contributed by atoms with Crippen LogP contribution in [0.1, 0.15) is 5.56 Å². The second-order valence-electron chi connectivity index (χ2n) is 4.99. The maximum absolute atomic E-state index is 11.7. The highest BCUT2D eigenvalue weighted by Gasteiger charge is 2.21. The third-order valence-electron chi connectivity index (χ3n) is 3.01. The highest BCUT2D eigenvalue weighted by Crippen LogP contribution is 2.28. The normalized spacial score (nSPS) is 17.6. The van der Waals surface area contributed by atoms with E-state index in [1.165, 1.54) is 0 Å². The predicted molar refractivity (Wildman–Crippen MR) is 72.7 cm³/mol. The van der Waals surface area contributed by atoms with Crippen LogP contribution in [0, 0.1) is 0 Å². The molecule has 0 radical (unpaired) electrons. The number of nitrogens with one attached hydrogen (secondary N) is 1. The molecular weight excluding hydrogens is 244 g/mol. The number of benzene rings is 1. The first-order chi connectivity index (χ1) is 9.08. The van der Waals surface area contributed by atoms with E-state index in [-0.39, 0.29) is 11.9 Å². The summed E-state index contributed by atoms with van der Waals surface area (Å²) in [5.41, 5.74) is 1.10. The van der Waals surface area contributed by atoms with Gasteiger partial charge in [-0.25, -0.2) is 0 Å². The Labute approximate surface area is 113 Å². The number of carbonyl (C=O) groups is 1. The van der Waals surface area contributed by atoms with Crippen molar-refractivity contribution < 1.29 is 14.3 Å². The summed E-state index contributed by atoms with van der Waals surface area (Å²) in [6.45, 7) is 0.894. The number of carbonyl (C=O) groups excluding carboxylic acids is 1. The average molecular weight is 264 g/mol. The minimum atomic E-state index is 0.0237. The molecule has 0 saturated carbocycles. The molecule has 1 aliphatic heterocycles. The van der Waals surface area contributed by atoms with Crippen molar-refractivity contribution in [1.29, 1.82) is 0 Å². The summed E-state index contributed by atoms with van der Waals surface area (Å²) in [5, 5.41) is 2.98. The maximum Gasteiger partial charge on any atom is 0.234 e. The fourth-order valence-electron chi connectivity index (χ4n) is 2.13. The molecule has 1 aromatic carbocycles. The van der Waals surface area contributed by atoms with Gasteiger partial charge in [0.05, 0.1) is 19.7 Å². The molecule has 0 aliphatic carbocycles. The maximum atomic E-state index is 11.7. The molecule has 1 atom stereocenters. The molecule has 1 amide bonds. The lowest BCUT2D eigenvalue weighted by atomic mass is 10.0. The number of rotatable bonds is 4. The summed E-state index contributed by atoms with van der Waals surface area (Å²) in [4.78, 5) is 13.6. The molecule has 5 heteroatoms. The zero-order valence-corrected chi connectivity index (χ0v) is 11.6. The number of methoxy groups -OCH3 is 1. The van der Waals surface area contributed by atoms with E-state index in [0.29, 0.717) is 13.2 Å². The Hall–Kier alpha value is -1.75. The van der Waals surface area contributed by atoms with Gasteiger partial charge in [0.25, 0.3) is 0 Å². The topological polar surface area (TPSA) is 50.8 Å². The smallest absolute Gasteiger partial charge is 0.234 e. The molecule has 1 unspecified atom stereocenters. The second-order valence-corrected chi connectivity index (χ2v) is 4.99. The van der Waals surface area contributed by atoms with Crippen LogP contribution in [0.15, 0.2) is 18.2 Å². The second kappa shape index (κ2) is 5.93. The molecule has 0 fully saturated rings. The number of hydrogen-bond acceptors (Lipinski definition) is 4. The van der Waals surface area contributed by atoms with Crippen molar-refractivity contribution in [3.8, 4) is 11.5 Å². The number of ether oxygens (including phenoxy) is 2. The number of likely N-dealkylation sites (N-methyl/N-ethyl adjacent to an activating group) is 1. The average Bonchev–Trinajstić information content (AvgIpc) is 2.37. The Morgan fingerprint density at radius 3 is 3.00 bits per heavy atom. The zero-order valence-electron chi connectivity index (χ0n) is 11.6. The Balaban J connectivity index is 1.96. The Morgan fingerprint density at radius 2 is 2.32 bits per heavy atom. The highest BCUT2D eigenvalue weighted by molar-refractivity contribution is 5.78. The number of hydrogen-bond donors (Lipinski definition) is 1. The molecule has 0 bridgehead atoms. The van der Waals surface area contributed by atoms with E-state index >= 15 is 0 Å². The van der Waals surface area contributed by atoms with Crippen molar-refractivity contribution >= 4 is 5.91 Å². The first-order valence-electron chi connectivity index (χ1n) is 6.32. The van der Waals surface area contributed by atoms with Crippen LogP contribution in [0.25, 0.3) is 0 Å². The van der Waals surface area contributed by atoms with E-state index in [4.69, 9.17) is 9.47 Å². The van der Waals surface area contributed by atoms with E-state index in [9.17, 15) is 4.79 Å². The molecule has 2 rings (SSSR count). The third-order valence-corrected chi connectivity index (χ3v) is 3.01. The molecule has 0 saturated heterocycles. The summed E-state index contributed by atoms with van der Waals surface area (Å²) in [6.07, 6.45) is 0.790. The van der Waals surface area contributed by atoms with Crippen molar-refractivity contribution in [2.75, 3.05) is 34.4 Å². The van der Waals surface area contributed by atoms with Crippen molar-refractivity contribution in [3.05, 3.63) is 23.8 Å². The van der Waals surface area contributed by atoms with Crippen LogP contribution in [0.3, 0.4) is 0 Å². The van der Waals surface area contributed by atoms with Gasteiger partial charge in [-0.15, -0.1) is 0 Å². The van der Waals surface area contributed by atoms with Crippen LogP contribution in [0.4, 0.5) is 0 Å². The van der Waals surface area contributed by atoms with Gasteiger partial charge in [-0.05, 0) is 32.1 Å². The minimum absolute atomic E-state index is 0.0237. The van der Waals surface area contributed by atoms with Crippen molar-refractivity contribution in [1.82, 2.24) is 10.2 Å².